The van der Waals surface area contributed by atoms with Crippen LogP contribution < -0.4 is 10.9 Å². The molecule has 0 aromatic carbocycles. The molecule has 5 nitrogen and oxygen atoms in total. The van der Waals surface area contributed by atoms with Gasteiger partial charge in [0.25, 0.3) is 5.91 Å². The van der Waals surface area contributed by atoms with Crippen molar-refractivity contribution in [2.24, 2.45) is 7.05 Å². The van der Waals surface area contributed by atoms with E-state index in [0.717, 1.165) is 25.9 Å². The Balaban J connectivity index is 2.06. The smallest absolute Gasteiger partial charge is 0.253 e. The Hall–Kier alpha value is -1.62. The van der Waals surface area contributed by atoms with E-state index in [1.54, 1.807) is 19.3 Å². The molecule has 1 aromatic rings. The van der Waals surface area contributed by atoms with Gasteiger partial charge in [0, 0.05) is 25.9 Å². The van der Waals surface area contributed by atoms with Gasteiger partial charge in [-0.2, -0.15) is 0 Å². The molecule has 0 saturated carbocycles. The summed E-state index contributed by atoms with van der Waals surface area (Å²) in [5, 5.41) is 2.99. The summed E-state index contributed by atoms with van der Waals surface area (Å²) < 4.78 is 7.02. The van der Waals surface area contributed by atoms with Crippen molar-refractivity contribution in [1.29, 1.82) is 0 Å². The van der Waals surface area contributed by atoms with Crippen LogP contribution >= 0.6 is 0 Å². The molecule has 0 radical (unpaired) electrons. The van der Waals surface area contributed by atoms with E-state index in [1.165, 1.54) is 10.6 Å². The maximum atomic E-state index is 12.2. The highest BCUT2D eigenvalue weighted by Crippen LogP contribution is 2.17. The van der Waals surface area contributed by atoms with Crippen LogP contribution in [0.4, 0.5) is 0 Å². The lowest BCUT2D eigenvalue weighted by Gasteiger charge is -2.22. The molecule has 1 aromatic heterocycles. The summed E-state index contributed by atoms with van der Waals surface area (Å²) >= 11 is 0. The van der Waals surface area contributed by atoms with Crippen LogP contribution in [0.1, 0.15) is 36.5 Å². The van der Waals surface area contributed by atoms with Crippen molar-refractivity contribution in [3.63, 3.8) is 0 Å². The highest BCUT2D eigenvalue weighted by Gasteiger charge is 2.26. The first-order chi connectivity index (χ1) is 9.11. The maximum Gasteiger partial charge on any atom is 0.253 e. The van der Waals surface area contributed by atoms with E-state index >= 15 is 0 Å². The van der Waals surface area contributed by atoms with Gasteiger partial charge >= 0.3 is 0 Å². The Morgan fingerprint density at radius 3 is 2.95 bits per heavy atom. The molecule has 1 aliphatic rings. The first-order valence-corrected chi connectivity index (χ1v) is 6.71. The van der Waals surface area contributed by atoms with Crippen LogP contribution in [0.5, 0.6) is 0 Å². The molecule has 104 valence electrons. The second kappa shape index (κ2) is 6.02. The van der Waals surface area contributed by atoms with Gasteiger partial charge in [-0.3, -0.25) is 9.59 Å². The number of rotatable bonds is 4. The summed E-state index contributed by atoms with van der Waals surface area (Å²) in [4.78, 5) is 23.4. The molecule has 2 rings (SSSR count). The normalized spacial score (nSPS) is 20.2. The highest BCUT2D eigenvalue weighted by molar-refractivity contribution is 5.94. The second-order valence-electron chi connectivity index (χ2n) is 4.91. The van der Waals surface area contributed by atoms with Gasteiger partial charge in [0.1, 0.15) is 0 Å². The summed E-state index contributed by atoms with van der Waals surface area (Å²) in [7, 11) is 1.64. The zero-order valence-electron chi connectivity index (χ0n) is 11.4. The Bertz CT molecular complexity index is 504. The number of nitrogens with one attached hydrogen (secondary N) is 1. The van der Waals surface area contributed by atoms with E-state index in [1.807, 2.05) is 6.92 Å². The molecule has 1 saturated heterocycles. The van der Waals surface area contributed by atoms with Crippen LogP contribution in [0.15, 0.2) is 23.1 Å². The van der Waals surface area contributed by atoms with Gasteiger partial charge in [-0.1, -0.05) is 6.92 Å². The van der Waals surface area contributed by atoms with Gasteiger partial charge in [-0.05, 0) is 25.3 Å². The third kappa shape index (κ3) is 3.23. The van der Waals surface area contributed by atoms with Crippen molar-refractivity contribution in [3.8, 4) is 0 Å². The minimum absolute atomic E-state index is 0.0345. The number of carbonyl (C=O) groups excluding carboxylic acids is 1. The number of hydrogen-bond donors (Lipinski definition) is 1. The number of carbonyl (C=O) groups is 1. The number of hydrogen-bond acceptors (Lipinski definition) is 3. The Morgan fingerprint density at radius 2 is 2.37 bits per heavy atom. The highest BCUT2D eigenvalue weighted by atomic mass is 16.5. The van der Waals surface area contributed by atoms with Gasteiger partial charge < -0.3 is 14.6 Å². The molecule has 0 aliphatic carbocycles. The van der Waals surface area contributed by atoms with Gasteiger partial charge in [-0.15, -0.1) is 0 Å². The summed E-state index contributed by atoms with van der Waals surface area (Å²) in [6.07, 6.45) is 4.55. The molecule has 1 amide bonds. The zero-order valence-corrected chi connectivity index (χ0v) is 11.4. The van der Waals surface area contributed by atoms with Gasteiger partial charge in [0.05, 0.1) is 17.7 Å². The number of aromatic nitrogens is 1. The lowest BCUT2D eigenvalue weighted by molar-refractivity contribution is 0.0665. The first-order valence-electron chi connectivity index (χ1n) is 6.71. The number of ether oxygens (including phenoxy) is 1. The largest absolute Gasteiger partial charge is 0.376 e. The van der Waals surface area contributed by atoms with E-state index in [9.17, 15) is 9.59 Å². The minimum atomic E-state index is -0.155. The monoisotopic (exact) mass is 264 g/mol. The fraction of sp³-hybridized carbons (Fsp3) is 0.571. The summed E-state index contributed by atoms with van der Waals surface area (Å²) in [6, 6.07) is 2.99. The zero-order chi connectivity index (χ0) is 13.8. The van der Waals surface area contributed by atoms with E-state index in [-0.39, 0.29) is 23.6 Å². The number of aryl methyl sites for hydroxylation is 1. The van der Waals surface area contributed by atoms with Crippen LogP contribution in [0, 0.1) is 0 Å². The molecule has 19 heavy (non-hydrogen) atoms. The Kier molecular flexibility index (Phi) is 4.37. The Morgan fingerprint density at radius 1 is 1.58 bits per heavy atom. The molecule has 0 unspecified atom stereocenters. The van der Waals surface area contributed by atoms with Crippen LogP contribution in [-0.2, 0) is 11.8 Å². The average molecular weight is 264 g/mol. The van der Waals surface area contributed by atoms with Crippen molar-refractivity contribution in [2.45, 2.75) is 38.3 Å². The van der Waals surface area contributed by atoms with Crippen molar-refractivity contribution in [1.82, 2.24) is 9.88 Å². The van der Waals surface area contributed by atoms with E-state index in [0.29, 0.717) is 5.56 Å². The number of nitrogens with zero attached hydrogens (tertiary/aromatic N) is 1. The van der Waals surface area contributed by atoms with Crippen molar-refractivity contribution < 1.29 is 9.53 Å². The summed E-state index contributed by atoms with van der Waals surface area (Å²) in [5.74, 6) is -0.155. The SMILES string of the molecule is CC[C@H](NC(=O)c1ccc(=O)n(C)c1)[C@H]1CCCO1. The standard InChI is InChI=1S/C14H20N2O3/c1-3-11(12-5-4-8-19-12)15-14(18)10-6-7-13(17)16(2)9-10/h6-7,9,11-12H,3-5,8H2,1-2H3,(H,15,18)/t11-,12+/m0/s1. The lowest BCUT2D eigenvalue weighted by Crippen LogP contribution is -2.42. The van der Waals surface area contributed by atoms with E-state index in [2.05, 4.69) is 5.32 Å². The fourth-order valence-corrected chi connectivity index (χ4v) is 2.36. The third-order valence-corrected chi connectivity index (χ3v) is 3.52. The summed E-state index contributed by atoms with van der Waals surface area (Å²) in [6.45, 7) is 2.81. The van der Waals surface area contributed by atoms with E-state index in [4.69, 9.17) is 4.74 Å². The predicted octanol–water partition coefficient (Wildman–Crippen LogP) is 1.07. The van der Waals surface area contributed by atoms with Crippen molar-refractivity contribution in [2.75, 3.05) is 6.61 Å². The van der Waals surface area contributed by atoms with Crippen LogP contribution in [-0.4, -0.2) is 29.2 Å². The fourth-order valence-electron chi connectivity index (χ4n) is 2.36. The quantitative estimate of drug-likeness (QED) is 0.885. The van der Waals surface area contributed by atoms with Gasteiger partial charge in [0.2, 0.25) is 5.56 Å². The topological polar surface area (TPSA) is 60.3 Å². The average Bonchev–Trinajstić information content (AvgIpc) is 2.92. The third-order valence-electron chi connectivity index (χ3n) is 3.52. The van der Waals surface area contributed by atoms with Gasteiger partial charge in [0.15, 0.2) is 0 Å². The number of pyridine rings is 1. The molecule has 1 aliphatic heterocycles. The molecule has 1 fully saturated rings. The van der Waals surface area contributed by atoms with Crippen LogP contribution in [0.25, 0.3) is 0 Å². The van der Waals surface area contributed by atoms with Gasteiger partial charge in [-0.25, -0.2) is 0 Å². The number of amides is 1. The van der Waals surface area contributed by atoms with Crippen LogP contribution in [0.3, 0.4) is 0 Å². The molecular weight excluding hydrogens is 244 g/mol. The molecular formula is C14H20N2O3. The molecule has 1 N–H and O–H groups in total. The summed E-state index contributed by atoms with van der Waals surface area (Å²) in [5.41, 5.74) is 0.376. The lowest BCUT2D eigenvalue weighted by atomic mass is 10.1. The Labute approximate surface area is 112 Å². The minimum Gasteiger partial charge on any atom is -0.376 e. The maximum absolute atomic E-state index is 12.2. The molecule has 2 atom stereocenters. The molecule has 5 heteroatoms. The molecule has 0 bridgehead atoms. The van der Waals surface area contributed by atoms with E-state index < -0.39 is 0 Å². The second-order valence-corrected chi connectivity index (χ2v) is 4.91. The van der Waals surface area contributed by atoms with Crippen LogP contribution in [0.2, 0.25) is 0 Å². The van der Waals surface area contributed by atoms with Crippen molar-refractivity contribution in [3.05, 3.63) is 34.2 Å². The molecule has 0 spiro atoms. The predicted molar refractivity (Wildman–Crippen MR) is 72.2 cm³/mol. The van der Waals surface area contributed by atoms with Crippen molar-refractivity contribution >= 4 is 5.91 Å². The first kappa shape index (κ1) is 13.8. The molecule has 2 heterocycles.